The van der Waals surface area contributed by atoms with E-state index < -0.39 is 12.0 Å². The number of rotatable bonds is 7. The topological polar surface area (TPSA) is 92.8 Å². The summed E-state index contributed by atoms with van der Waals surface area (Å²) in [4.78, 5) is 51.6. The Morgan fingerprint density at radius 2 is 1.72 bits per heavy atom. The van der Waals surface area contributed by atoms with Crippen LogP contribution < -0.4 is 5.32 Å². The van der Waals surface area contributed by atoms with Crippen molar-refractivity contribution in [3.63, 3.8) is 0 Å². The van der Waals surface area contributed by atoms with Gasteiger partial charge in [-0.25, -0.2) is 4.79 Å². The van der Waals surface area contributed by atoms with Crippen LogP contribution >= 0.6 is 11.8 Å². The van der Waals surface area contributed by atoms with Gasteiger partial charge in [0.1, 0.15) is 6.04 Å². The number of likely N-dealkylation sites (tertiary alicyclic amines) is 1. The molecule has 3 unspecified atom stereocenters. The summed E-state index contributed by atoms with van der Waals surface area (Å²) in [6.45, 7) is 0. The molecule has 0 bridgehead atoms. The number of nitrogens with zero attached hydrogens (tertiary/aromatic N) is 1. The highest BCUT2D eigenvalue weighted by molar-refractivity contribution is 7.98. The molecule has 3 rings (SSSR count). The predicted octanol–water partition coefficient (Wildman–Crippen LogP) is 2.71. The van der Waals surface area contributed by atoms with Gasteiger partial charge in [0.15, 0.2) is 0 Å². The molecule has 156 valence electrons. The molecule has 0 spiro atoms. The summed E-state index contributed by atoms with van der Waals surface area (Å²) in [5.74, 6) is -1.16. The van der Waals surface area contributed by atoms with Gasteiger partial charge in [0.25, 0.3) is 0 Å². The van der Waals surface area contributed by atoms with Crippen molar-refractivity contribution in [2.45, 2.75) is 38.1 Å². The third-order valence-electron chi connectivity index (χ3n) is 5.66. The van der Waals surface area contributed by atoms with E-state index in [-0.39, 0.29) is 29.6 Å². The molecule has 1 aromatic carbocycles. The minimum Gasteiger partial charge on any atom is -0.465 e. The number of hydrogen-bond acceptors (Lipinski definition) is 6. The van der Waals surface area contributed by atoms with Crippen LogP contribution in [0.5, 0.6) is 0 Å². The number of carbonyl (C=O) groups excluding carboxylic acids is 4. The number of nitrogens with one attached hydrogen (secondary N) is 1. The Balaban J connectivity index is 1.77. The fourth-order valence-corrected chi connectivity index (χ4v) is 4.59. The van der Waals surface area contributed by atoms with Gasteiger partial charge in [-0.2, -0.15) is 11.8 Å². The molecule has 7 nitrogen and oxygen atoms in total. The molecule has 1 saturated carbocycles. The second-order valence-corrected chi connectivity index (χ2v) is 8.38. The second-order valence-electron chi connectivity index (χ2n) is 7.40. The number of anilines is 1. The fourth-order valence-electron chi connectivity index (χ4n) is 4.14. The molecule has 1 aliphatic carbocycles. The third kappa shape index (κ3) is 4.47. The van der Waals surface area contributed by atoms with Gasteiger partial charge in [-0.05, 0) is 55.5 Å². The average molecular weight is 419 g/mol. The van der Waals surface area contributed by atoms with Gasteiger partial charge < -0.3 is 10.1 Å². The highest BCUT2D eigenvalue weighted by Gasteiger charge is 2.51. The summed E-state index contributed by atoms with van der Waals surface area (Å²) in [6.07, 6.45) is 5.66. The molecule has 2 aliphatic rings. The number of carbonyl (C=O) groups is 4. The maximum Gasteiger partial charge on any atom is 0.337 e. The van der Waals surface area contributed by atoms with Crippen molar-refractivity contribution in [2.24, 2.45) is 11.8 Å². The Labute approximate surface area is 174 Å². The minimum atomic E-state index is -0.826. The van der Waals surface area contributed by atoms with Gasteiger partial charge in [0.05, 0.1) is 24.5 Å². The van der Waals surface area contributed by atoms with Gasteiger partial charge >= 0.3 is 5.97 Å². The van der Waals surface area contributed by atoms with Gasteiger partial charge in [0, 0.05) is 5.69 Å². The molecule has 3 atom stereocenters. The first-order valence-electron chi connectivity index (χ1n) is 9.83. The number of esters is 1. The number of benzene rings is 1. The van der Waals surface area contributed by atoms with Crippen LogP contribution in [0, 0.1) is 11.8 Å². The molecule has 0 aromatic heterocycles. The van der Waals surface area contributed by atoms with Gasteiger partial charge in [-0.3, -0.25) is 19.3 Å². The van der Waals surface area contributed by atoms with Crippen LogP contribution in [-0.4, -0.2) is 53.8 Å². The standard InChI is InChI=1S/C21H26N2O5S/c1-28-21(27)13-7-9-14(10-8-13)22-18(24)17(11-12-29-2)23-19(25)15-5-3-4-6-16(15)20(23)26/h7-10,15-17H,3-6,11-12H2,1-2H3,(H,22,24). The SMILES string of the molecule is COC(=O)c1ccc(NC(=O)C(CCSC)N2C(=O)C3CCCCC3C2=O)cc1. The Bertz CT molecular complexity index is 771. The molecule has 1 saturated heterocycles. The maximum atomic E-state index is 13.0. The summed E-state index contributed by atoms with van der Waals surface area (Å²) in [5, 5.41) is 2.79. The van der Waals surface area contributed by atoms with E-state index in [0.717, 1.165) is 25.7 Å². The normalized spacial score (nSPS) is 22.2. The van der Waals surface area contributed by atoms with Crippen LogP contribution in [0.15, 0.2) is 24.3 Å². The van der Waals surface area contributed by atoms with E-state index in [1.54, 1.807) is 36.0 Å². The van der Waals surface area contributed by atoms with E-state index in [1.807, 2.05) is 6.26 Å². The van der Waals surface area contributed by atoms with Gasteiger partial charge in [-0.15, -0.1) is 0 Å². The Morgan fingerprint density at radius 1 is 1.14 bits per heavy atom. The first-order chi connectivity index (χ1) is 14.0. The monoisotopic (exact) mass is 418 g/mol. The second kappa shape index (κ2) is 9.43. The molecule has 1 aliphatic heterocycles. The van der Waals surface area contributed by atoms with E-state index >= 15 is 0 Å². The lowest BCUT2D eigenvalue weighted by Crippen LogP contribution is -2.48. The summed E-state index contributed by atoms with van der Waals surface area (Å²) in [6, 6.07) is 5.48. The minimum absolute atomic E-state index is 0.206. The van der Waals surface area contributed by atoms with Crippen molar-refractivity contribution in [1.82, 2.24) is 4.90 Å². The number of amides is 3. The third-order valence-corrected chi connectivity index (χ3v) is 6.30. The number of imide groups is 1. The lowest BCUT2D eigenvalue weighted by molar-refractivity contribution is -0.146. The molecule has 0 radical (unpaired) electrons. The predicted molar refractivity (Wildman–Crippen MR) is 110 cm³/mol. The van der Waals surface area contributed by atoms with E-state index in [0.29, 0.717) is 23.4 Å². The first kappa shape index (κ1) is 21.4. The molecule has 1 N–H and O–H groups in total. The molecular weight excluding hydrogens is 392 g/mol. The molecule has 29 heavy (non-hydrogen) atoms. The lowest BCUT2D eigenvalue weighted by Gasteiger charge is -2.26. The fraction of sp³-hybridized carbons (Fsp3) is 0.524. The molecule has 3 amide bonds. The zero-order valence-electron chi connectivity index (χ0n) is 16.7. The number of thioether (sulfide) groups is 1. The van der Waals surface area contributed by atoms with Crippen molar-refractivity contribution < 1.29 is 23.9 Å². The number of hydrogen-bond donors (Lipinski definition) is 1. The van der Waals surface area contributed by atoms with Crippen LogP contribution in [0.2, 0.25) is 0 Å². The van der Waals surface area contributed by atoms with Crippen LogP contribution in [-0.2, 0) is 19.1 Å². The van der Waals surface area contributed by atoms with Crippen molar-refractivity contribution in [3.05, 3.63) is 29.8 Å². The van der Waals surface area contributed by atoms with Gasteiger partial charge in [0.2, 0.25) is 17.7 Å². The molecule has 1 aromatic rings. The Kier molecular flexibility index (Phi) is 6.95. The quantitative estimate of drug-likeness (QED) is 0.541. The van der Waals surface area contributed by atoms with E-state index in [2.05, 4.69) is 10.1 Å². The maximum absolute atomic E-state index is 13.0. The molecule has 8 heteroatoms. The largest absolute Gasteiger partial charge is 0.465 e. The molecule has 2 fully saturated rings. The van der Waals surface area contributed by atoms with Crippen LogP contribution in [0.25, 0.3) is 0 Å². The van der Waals surface area contributed by atoms with Gasteiger partial charge in [-0.1, -0.05) is 12.8 Å². The highest BCUT2D eigenvalue weighted by atomic mass is 32.2. The van der Waals surface area contributed by atoms with Crippen molar-refractivity contribution in [3.8, 4) is 0 Å². The number of ether oxygens (including phenoxy) is 1. The van der Waals surface area contributed by atoms with E-state index in [9.17, 15) is 19.2 Å². The zero-order chi connectivity index (χ0) is 21.0. The zero-order valence-corrected chi connectivity index (χ0v) is 17.5. The molecule has 1 heterocycles. The number of methoxy groups -OCH3 is 1. The van der Waals surface area contributed by atoms with E-state index in [1.165, 1.54) is 12.0 Å². The summed E-state index contributed by atoms with van der Waals surface area (Å²) < 4.78 is 4.67. The first-order valence-corrected chi connectivity index (χ1v) is 11.2. The highest BCUT2D eigenvalue weighted by Crippen LogP contribution is 2.39. The van der Waals surface area contributed by atoms with Crippen LogP contribution in [0.4, 0.5) is 5.69 Å². The van der Waals surface area contributed by atoms with Crippen LogP contribution in [0.1, 0.15) is 42.5 Å². The Morgan fingerprint density at radius 3 is 2.24 bits per heavy atom. The molecular formula is C21H26N2O5S. The summed E-state index contributed by atoms with van der Waals surface area (Å²) in [5.41, 5.74) is 0.867. The number of fused-ring (bicyclic) bond motifs is 1. The summed E-state index contributed by atoms with van der Waals surface area (Å²) >= 11 is 1.57. The van der Waals surface area contributed by atoms with E-state index in [4.69, 9.17) is 0 Å². The average Bonchev–Trinajstić information content (AvgIpc) is 2.99. The van der Waals surface area contributed by atoms with Crippen molar-refractivity contribution >= 4 is 41.1 Å². The van der Waals surface area contributed by atoms with Crippen molar-refractivity contribution in [2.75, 3.05) is 24.4 Å². The Hall–Kier alpha value is -2.35. The smallest absolute Gasteiger partial charge is 0.337 e. The van der Waals surface area contributed by atoms with Crippen molar-refractivity contribution in [1.29, 1.82) is 0 Å². The van der Waals surface area contributed by atoms with Crippen LogP contribution in [0.3, 0.4) is 0 Å². The summed E-state index contributed by atoms with van der Waals surface area (Å²) in [7, 11) is 1.30. The lowest BCUT2D eigenvalue weighted by atomic mass is 9.81.